The minimum atomic E-state index is -3.30. The van der Waals surface area contributed by atoms with E-state index in [1.165, 1.54) is 19.2 Å². The summed E-state index contributed by atoms with van der Waals surface area (Å²) in [6.07, 6.45) is -6.08. The van der Waals surface area contributed by atoms with Crippen molar-refractivity contribution in [1.29, 1.82) is 0 Å². The fraction of sp³-hybridized carbons (Fsp3) is 0.652. The molecule has 0 spiro atoms. The SMILES string of the molecule is COc1ccc(CCNC(=O)C(CC(C)(C)C)NC(=O)OC(C)(C)C)cc1OC(F)C(F)F. The zero-order chi connectivity index (χ0) is 25.4. The van der Waals surface area contributed by atoms with Crippen molar-refractivity contribution in [3.63, 3.8) is 0 Å². The predicted molar refractivity (Wildman–Crippen MR) is 118 cm³/mol. The van der Waals surface area contributed by atoms with Crippen molar-refractivity contribution in [1.82, 2.24) is 10.6 Å². The molecular weight excluding hydrogens is 441 g/mol. The molecule has 33 heavy (non-hydrogen) atoms. The molecule has 1 rings (SSSR count). The number of amides is 2. The van der Waals surface area contributed by atoms with Gasteiger partial charge in [-0.05, 0) is 56.7 Å². The van der Waals surface area contributed by atoms with Gasteiger partial charge < -0.3 is 24.8 Å². The number of methoxy groups -OCH3 is 1. The molecular formula is C23H35F3N2O5. The van der Waals surface area contributed by atoms with Crippen molar-refractivity contribution in [3.8, 4) is 11.5 Å². The molecule has 7 nitrogen and oxygen atoms in total. The van der Waals surface area contributed by atoms with E-state index in [4.69, 9.17) is 9.47 Å². The van der Waals surface area contributed by atoms with E-state index in [0.29, 0.717) is 18.4 Å². The molecule has 0 aliphatic heterocycles. The van der Waals surface area contributed by atoms with Gasteiger partial charge in [0.25, 0.3) is 6.36 Å². The van der Waals surface area contributed by atoms with Crippen molar-refractivity contribution < 1.29 is 37.0 Å². The lowest BCUT2D eigenvalue weighted by Crippen LogP contribution is -2.50. The van der Waals surface area contributed by atoms with Gasteiger partial charge >= 0.3 is 12.5 Å². The molecule has 0 radical (unpaired) electrons. The molecule has 188 valence electrons. The lowest BCUT2D eigenvalue weighted by atomic mass is 9.88. The van der Waals surface area contributed by atoms with Crippen LogP contribution >= 0.6 is 0 Å². The Morgan fingerprint density at radius 1 is 1.03 bits per heavy atom. The Kier molecular flexibility index (Phi) is 10.3. The third-order valence-electron chi connectivity index (χ3n) is 4.20. The zero-order valence-corrected chi connectivity index (χ0v) is 20.3. The lowest BCUT2D eigenvalue weighted by Gasteiger charge is -2.27. The maximum atomic E-state index is 13.3. The molecule has 2 amide bonds. The number of alkyl carbamates (subject to hydrolysis) is 1. The lowest BCUT2D eigenvalue weighted by molar-refractivity contribution is -0.123. The summed E-state index contributed by atoms with van der Waals surface area (Å²) in [4.78, 5) is 24.9. The highest BCUT2D eigenvalue weighted by Crippen LogP contribution is 2.30. The molecule has 0 heterocycles. The summed E-state index contributed by atoms with van der Waals surface area (Å²) < 4.78 is 53.2. The minimum absolute atomic E-state index is 0.109. The topological polar surface area (TPSA) is 85.9 Å². The Morgan fingerprint density at radius 3 is 2.18 bits per heavy atom. The molecule has 2 N–H and O–H groups in total. The number of alkyl halides is 3. The summed E-state index contributed by atoms with van der Waals surface area (Å²) in [6.45, 7) is 11.2. The summed E-state index contributed by atoms with van der Waals surface area (Å²) >= 11 is 0. The highest BCUT2D eigenvalue weighted by Gasteiger charge is 2.28. The minimum Gasteiger partial charge on any atom is -0.493 e. The van der Waals surface area contributed by atoms with Crippen LogP contribution in [0.3, 0.4) is 0 Å². The van der Waals surface area contributed by atoms with Gasteiger partial charge in [-0.3, -0.25) is 4.79 Å². The first kappa shape index (κ1) is 28.4. The second kappa shape index (κ2) is 12.0. The van der Waals surface area contributed by atoms with Crippen LogP contribution in [0.15, 0.2) is 18.2 Å². The van der Waals surface area contributed by atoms with Crippen LogP contribution in [0.4, 0.5) is 18.0 Å². The number of benzene rings is 1. The second-order valence-corrected chi connectivity index (χ2v) is 9.79. The summed E-state index contributed by atoms with van der Waals surface area (Å²) in [7, 11) is 1.31. The fourth-order valence-electron chi connectivity index (χ4n) is 2.87. The first-order chi connectivity index (χ1) is 15.1. The first-order valence-corrected chi connectivity index (χ1v) is 10.6. The highest BCUT2D eigenvalue weighted by atomic mass is 19.3. The third-order valence-corrected chi connectivity index (χ3v) is 4.20. The van der Waals surface area contributed by atoms with Gasteiger partial charge in [0, 0.05) is 6.54 Å². The summed E-state index contributed by atoms with van der Waals surface area (Å²) in [6, 6.07) is 3.69. The fourth-order valence-corrected chi connectivity index (χ4v) is 2.87. The average Bonchev–Trinajstić information content (AvgIpc) is 2.65. The van der Waals surface area contributed by atoms with Crippen LogP contribution in [0.25, 0.3) is 0 Å². The highest BCUT2D eigenvalue weighted by molar-refractivity contribution is 5.85. The van der Waals surface area contributed by atoms with Crippen LogP contribution in [0, 0.1) is 5.41 Å². The van der Waals surface area contributed by atoms with Crippen molar-refractivity contribution in [3.05, 3.63) is 23.8 Å². The molecule has 0 bridgehead atoms. The van der Waals surface area contributed by atoms with Gasteiger partial charge in [0.05, 0.1) is 7.11 Å². The molecule has 10 heteroatoms. The molecule has 0 fully saturated rings. The van der Waals surface area contributed by atoms with Gasteiger partial charge in [-0.25, -0.2) is 13.6 Å². The number of hydrogen-bond donors (Lipinski definition) is 2. The van der Waals surface area contributed by atoms with Crippen molar-refractivity contribution in [2.45, 2.75) is 78.8 Å². The first-order valence-electron chi connectivity index (χ1n) is 10.6. The van der Waals surface area contributed by atoms with Crippen molar-refractivity contribution >= 4 is 12.0 Å². The van der Waals surface area contributed by atoms with Crippen LogP contribution in [-0.4, -0.2) is 50.1 Å². The molecule has 0 aliphatic carbocycles. The zero-order valence-electron chi connectivity index (χ0n) is 20.3. The van der Waals surface area contributed by atoms with Crippen LogP contribution in [0.1, 0.15) is 53.5 Å². The van der Waals surface area contributed by atoms with E-state index in [2.05, 4.69) is 15.4 Å². The number of carbonyl (C=O) groups excluding carboxylic acids is 2. The monoisotopic (exact) mass is 476 g/mol. The number of nitrogens with one attached hydrogen (secondary N) is 2. The molecule has 0 aliphatic rings. The van der Waals surface area contributed by atoms with E-state index in [-0.39, 0.29) is 29.4 Å². The van der Waals surface area contributed by atoms with Gasteiger partial charge in [-0.15, -0.1) is 0 Å². The molecule has 1 aromatic carbocycles. The number of carbonyl (C=O) groups is 2. The summed E-state index contributed by atoms with van der Waals surface area (Å²) in [5, 5.41) is 5.37. The number of rotatable bonds is 10. The Morgan fingerprint density at radius 2 is 1.67 bits per heavy atom. The van der Waals surface area contributed by atoms with Crippen molar-refractivity contribution in [2.75, 3.05) is 13.7 Å². The Hall–Kier alpha value is -2.65. The van der Waals surface area contributed by atoms with Gasteiger partial charge in [0.15, 0.2) is 11.5 Å². The largest absolute Gasteiger partial charge is 0.493 e. The number of hydrogen-bond acceptors (Lipinski definition) is 5. The average molecular weight is 477 g/mol. The smallest absolute Gasteiger partial charge is 0.408 e. The van der Waals surface area contributed by atoms with E-state index >= 15 is 0 Å². The molecule has 2 atom stereocenters. The van der Waals surface area contributed by atoms with E-state index < -0.39 is 30.5 Å². The molecule has 0 saturated heterocycles. The van der Waals surface area contributed by atoms with E-state index in [9.17, 15) is 22.8 Å². The van der Waals surface area contributed by atoms with Crippen LogP contribution < -0.4 is 20.1 Å². The molecule has 0 saturated carbocycles. The number of halogens is 3. The van der Waals surface area contributed by atoms with Crippen LogP contribution in [0.5, 0.6) is 11.5 Å². The van der Waals surface area contributed by atoms with Gasteiger partial charge in [-0.2, -0.15) is 4.39 Å². The quantitative estimate of drug-likeness (QED) is 0.515. The van der Waals surface area contributed by atoms with Gasteiger partial charge in [0.1, 0.15) is 11.6 Å². The molecule has 0 aromatic heterocycles. The molecule has 2 unspecified atom stereocenters. The normalized spacial score (nSPS) is 13.8. The van der Waals surface area contributed by atoms with E-state index in [1.807, 2.05) is 20.8 Å². The summed E-state index contributed by atoms with van der Waals surface area (Å²) in [5.74, 6) is -0.438. The van der Waals surface area contributed by atoms with Crippen molar-refractivity contribution in [2.24, 2.45) is 5.41 Å². The summed E-state index contributed by atoms with van der Waals surface area (Å²) in [5.41, 5.74) is -0.336. The van der Waals surface area contributed by atoms with E-state index in [0.717, 1.165) is 0 Å². The maximum absolute atomic E-state index is 13.3. The number of ether oxygens (including phenoxy) is 3. The maximum Gasteiger partial charge on any atom is 0.408 e. The second-order valence-electron chi connectivity index (χ2n) is 9.79. The third kappa shape index (κ3) is 11.2. The Balaban J connectivity index is 2.79. The van der Waals surface area contributed by atoms with Crippen LogP contribution in [0.2, 0.25) is 0 Å². The van der Waals surface area contributed by atoms with E-state index in [1.54, 1.807) is 26.8 Å². The Bertz CT molecular complexity index is 791. The van der Waals surface area contributed by atoms with Gasteiger partial charge in [0.2, 0.25) is 5.91 Å². The Labute approximate surface area is 193 Å². The van der Waals surface area contributed by atoms with Crippen LogP contribution in [-0.2, 0) is 16.0 Å². The van der Waals surface area contributed by atoms with Gasteiger partial charge in [-0.1, -0.05) is 26.8 Å². The molecule has 1 aromatic rings. The standard InChI is InChI=1S/C23H35F3N2O5/c1-22(2,3)13-15(28-21(30)33-23(4,5)6)20(29)27-11-10-14-8-9-16(31-7)17(12-14)32-19(26)18(24)25/h8-9,12,15,18-19H,10-11,13H2,1-7H3,(H,27,29)(H,28,30). The predicted octanol–water partition coefficient (Wildman–Crippen LogP) is 4.62.